The van der Waals surface area contributed by atoms with Gasteiger partial charge in [0.15, 0.2) is 23.3 Å². The molecule has 3 rings (SSSR count). The topological polar surface area (TPSA) is 41.9 Å². The SMILES string of the molecule is COc1ccc(C=C2C(=O)N(c3c(F)c(F)c(F)c(F)c3F)N=C2C)cc1. The number of hydrogen-bond donors (Lipinski definition) is 0. The second kappa shape index (κ2) is 6.82. The van der Waals surface area contributed by atoms with E-state index in [9.17, 15) is 26.7 Å². The first-order chi connectivity index (χ1) is 12.8. The van der Waals surface area contributed by atoms with Gasteiger partial charge in [-0.25, -0.2) is 22.0 Å². The van der Waals surface area contributed by atoms with Gasteiger partial charge in [0, 0.05) is 0 Å². The quantitative estimate of drug-likeness (QED) is 0.346. The third-order valence-electron chi connectivity index (χ3n) is 3.89. The van der Waals surface area contributed by atoms with E-state index in [1.54, 1.807) is 24.3 Å². The Labute approximate surface area is 150 Å². The lowest BCUT2D eigenvalue weighted by Gasteiger charge is -2.15. The Hall–Kier alpha value is -3.23. The van der Waals surface area contributed by atoms with E-state index in [1.807, 2.05) is 0 Å². The van der Waals surface area contributed by atoms with Crippen LogP contribution in [0.4, 0.5) is 27.6 Å². The highest BCUT2D eigenvalue weighted by atomic mass is 19.2. The Morgan fingerprint density at radius 3 is 1.96 bits per heavy atom. The normalized spacial score (nSPS) is 15.5. The van der Waals surface area contributed by atoms with Crippen molar-refractivity contribution in [1.82, 2.24) is 0 Å². The van der Waals surface area contributed by atoms with E-state index < -0.39 is 40.7 Å². The fraction of sp³-hybridized carbons (Fsp3) is 0.111. The number of carbonyl (C=O) groups excluding carboxylic acids is 1. The first-order valence-electron chi connectivity index (χ1n) is 7.53. The Morgan fingerprint density at radius 1 is 0.926 bits per heavy atom. The molecule has 0 saturated carbocycles. The molecule has 0 saturated heterocycles. The molecule has 4 nitrogen and oxygen atoms in total. The van der Waals surface area contributed by atoms with Crippen LogP contribution in [-0.4, -0.2) is 18.7 Å². The number of rotatable bonds is 3. The maximum atomic E-state index is 14.0. The van der Waals surface area contributed by atoms with Crippen molar-refractivity contribution in [2.24, 2.45) is 5.10 Å². The Bertz CT molecular complexity index is 971. The number of amides is 1. The van der Waals surface area contributed by atoms with Gasteiger partial charge in [-0.15, -0.1) is 0 Å². The molecule has 1 amide bonds. The smallest absolute Gasteiger partial charge is 0.280 e. The molecule has 140 valence electrons. The van der Waals surface area contributed by atoms with Gasteiger partial charge in [0.1, 0.15) is 11.4 Å². The van der Waals surface area contributed by atoms with E-state index >= 15 is 0 Å². The van der Waals surface area contributed by atoms with Crippen LogP contribution in [0.5, 0.6) is 5.75 Å². The molecule has 2 aromatic rings. The Kier molecular flexibility index (Phi) is 4.69. The summed E-state index contributed by atoms with van der Waals surface area (Å²) in [5.41, 5.74) is -0.870. The molecule has 0 aliphatic carbocycles. The summed E-state index contributed by atoms with van der Waals surface area (Å²) in [5.74, 6) is -11.3. The van der Waals surface area contributed by atoms with Crippen molar-refractivity contribution in [2.75, 3.05) is 12.1 Å². The number of halogens is 5. The van der Waals surface area contributed by atoms with E-state index in [1.165, 1.54) is 20.1 Å². The summed E-state index contributed by atoms with van der Waals surface area (Å²) in [6, 6.07) is 6.49. The van der Waals surface area contributed by atoms with Crippen LogP contribution in [0.2, 0.25) is 0 Å². The molecule has 1 heterocycles. The summed E-state index contributed by atoms with van der Waals surface area (Å²) < 4.78 is 73.0. The number of methoxy groups -OCH3 is 1. The van der Waals surface area contributed by atoms with Crippen molar-refractivity contribution < 1.29 is 31.5 Å². The fourth-order valence-electron chi connectivity index (χ4n) is 2.48. The van der Waals surface area contributed by atoms with Gasteiger partial charge in [-0.2, -0.15) is 10.1 Å². The summed E-state index contributed by atoms with van der Waals surface area (Å²) in [6.45, 7) is 1.37. The van der Waals surface area contributed by atoms with E-state index in [-0.39, 0.29) is 16.3 Å². The summed E-state index contributed by atoms with van der Waals surface area (Å²) in [5, 5.41) is 3.82. The average molecular weight is 382 g/mol. The molecular weight excluding hydrogens is 371 g/mol. The van der Waals surface area contributed by atoms with Crippen molar-refractivity contribution in [2.45, 2.75) is 6.92 Å². The lowest BCUT2D eigenvalue weighted by Crippen LogP contribution is -2.25. The molecule has 0 bridgehead atoms. The van der Waals surface area contributed by atoms with Gasteiger partial charge in [0.05, 0.1) is 18.4 Å². The van der Waals surface area contributed by atoms with E-state index in [4.69, 9.17) is 4.74 Å². The van der Waals surface area contributed by atoms with Gasteiger partial charge in [0.2, 0.25) is 5.82 Å². The van der Waals surface area contributed by atoms with E-state index in [0.29, 0.717) is 11.3 Å². The third kappa shape index (κ3) is 3.05. The third-order valence-corrected chi connectivity index (χ3v) is 3.89. The van der Waals surface area contributed by atoms with Crippen molar-refractivity contribution >= 4 is 23.4 Å². The van der Waals surface area contributed by atoms with Crippen LogP contribution >= 0.6 is 0 Å². The van der Waals surface area contributed by atoms with Crippen molar-refractivity contribution in [3.05, 3.63) is 64.5 Å². The summed E-state index contributed by atoms with van der Waals surface area (Å²) in [4.78, 5) is 12.5. The maximum Gasteiger partial charge on any atom is 0.280 e. The lowest BCUT2D eigenvalue weighted by atomic mass is 10.1. The predicted molar refractivity (Wildman–Crippen MR) is 87.8 cm³/mol. The van der Waals surface area contributed by atoms with E-state index in [0.717, 1.165) is 0 Å². The van der Waals surface area contributed by atoms with Crippen LogP contribution in [0.1, 0.15) is 12.5 Å². The zero-order valence-electron chi connectivity index (χ0n) is 14.0. The molecule has 0 N–H and O–H groups in total. The number of hydrazone groups is 1. The summed E-state index contributed by atoms with van der Waals surface area (Å²) in [7, 11) is 1.48. The summed E-state index contributed by atoms with van der Waals surface area (Å²) >= 11 is 0. The van der Waals surface area contributed by atoms with Crippen molar-refractivity contribution in [1.29, 1.82) is 0 Å². The van der Waals surface area contributed by atoms with Crippen LogP contribution in [0, 0.1) is 29.1 Å². The maximum absolute atomic E-state index is 14.0. The molecule has 0 fully saturated rings. The first kappa shape index (κ1) is 18.6. The molecule has 0 radical (unpaired) electrons. The number of benzene rings is 2. The molecule has 0 spiro atoms. The monoisotopic (exact) mass is 382 g/mol. The highest BCUT2D eigenvalue weighted by Gasteiger charge is 2.36. The van der Waals surface area contributed by atoms with Crippen molar-refractivity contribution in [3.63, 3.8) is 0 Å². The molecule has 0 unspecified atom stereocenters. The van der Waals surface area contributed by atoms with Crippen LogP contribution in [0.15, 0.2) is 34.9 Å². The zero-order valence-corrected chi connectivity index (χ0v) is 14.0. The largest absolute Gasteiger partial charge is 0.497 e. The minimum absolute atomic E-state index is 0.0518. The van der Waals surface area contributed by atoms with Crippen LogP contribution in [0.25, 0.3) is 6.08 Å². The molecule has 0 aromatic heterocycles. The molecule has 27 heavy (non-hydrogen) atoms. The number of nitrogens with zero attached hydrogens (tertiary/aromatic N) is 2. The molecule has 2 aromatic carbocycles. The Balaban J connectivity index is 2.05. The van der Waals surface area contributed by atoms with Crippen LogP contribution in [0.3, 0.4) is 0 Å². The van der Waals surface area contributed by atoms with Gasteiger partial charge in [-0.3, -0.25) is 4.79 Å². The molecule has 0 atom stereocenters. The second-order valence-corrected chi connectivity index (χ2v) is 5.55. The summed E-state index contributed by atoms with van der Waals surface area (Å²) in [6.07, 6.45) is 1.38. The lowest BCUT2D eigenvalue weighted by molar-refractivity contribution is -0.114. The number of ether oxygens (including phenoxy) is 1. The Morgan fingerprint density at radius 2 is 1.44 bits per heavy atom. The number of hydrogen-bond acceptors (Lipinski definition) is 3. The molecule has 9 heteroatoms. The standard InChI is InChI=1S/C18H11F5N2O2/c1-8-11(7-9-3-5-10(27-2)6-4-9)18(26)25(24-8)17-15(22)13(20)12(19)14(21)16(17)23/h3-7H,1-2H3. The highest BCUT2D eigenvalue weighted by Crippen LogP contribution is 2.34. The van der Waals surface area contributed by atoms with Crippen LogP contribution < -0.4 is 9.75 Å². The molecule has 1 aliphatic rings. The van der Waals surface area contributed by atoms with Gasteiger partial charge < -0.3 is 4.74 Å². The minimum atomic E-state index is -2.31. The minimum Gasteiger partial charge on any atom is -0.497 e. The van der Waals surface area contributed by atoms with Gasteiger partial charge >= 0.3 is 0 Å². The van der Waals surface area contributed by atoms with E-state index in [2.05, 4.69) is 5.10 Å². The number of anilines is 1. The van der Waals surface area contributed by atoms with Gasteiger partial charge in [-0.05, 0) is 30.7 Å². The fourth-order valence-corrected chi connectivity index (χ4v) is 2.48. The second-order valence-electron chi connectivity index (χ2n) is 5.55. The van der Waals surface area contributed by atoms with Gasteiger partial charge in [0.25, 0.3) is 5.91 Å². The predicted octanol–water partition coefficient (Wildman–Crippen LogP) is 4.20. The zero-order chi connectivity index (χ0) is 19.9. The molecule has 1 aliphatic heterocycles. The van der Waals surface area contributed by atoms with Gasteiger partial charge in [-0.1, -0.05) is 12.1 Å². The van der Waals surface area contributed by atoms with Crippen LogP contribution in [-0.2, 0) is 4.79 Å². The molecular formula is C18H11F5N2O2. The number of carbonyl (C=O) groups is 1. The average Bonchev–Trinajstić information content (AvgIpc) is 2.93. The first-order valence-corrected chi connectivity index (χ1v) is 7.53. The highest BCUT2D eigenvalue weighted by molar-refractivity contribution is 6.32. The van der Waals surface area contributed by atoms with Crippen molar-refractivity contribution in [3.8, 4) is 5.75 Å².